The van der Waals surface area contributed by atoms with Crippen molar-refractivity contribution in [3.8, 4) is 0 Å². The minimum Gasteiger partial charge on any atom is -0.368 e. The zero-order chi connectivity index (χ0) is 12.7. The first-order valence-electron chi connectivity index (χ1n) is 5.74. The average molecular weight is 237 g/mol. The summed E-state index contributed by atoms with van der Waals surface area (Å²) in [6, 6.07) is 3.25. The van der Waals surface area contributed by atoms with Gasteiger partial charge in [0.2, 0.25) is 0 Å². The summed E-state index contributed by atoms with van der Waals surface area (Å²) in [5.41, 5.74) is 10.8. The van der Waals surface area contributed by atoms with Crippen LogP contribution in [0, 0.1) is 5.92 Å². The fourth-order valence-electron chi connectivity index (χ4n) is 1.49. The lowest BCUT2D eigenvalue weighted by Gasteiger charge is -2.14. The summed E-state index contributed by atoms with van der Waals surface area (Å²) in [4.78, 5) is 10.8. The number of amides is 1. The van der Waals surface area contributed by atoms with Crippen LogP contribution >= 0.6 is 0 Å². The third kappa shape index (κ3) is 4.36. The van der Waals surface area contributed by atoms with Crippen molar-refractivity contribution in [3.05, 3.63) is 17.8 Å². The molecule has 0 aromatic carbocycles. The van der Waals surface area contributed by atoms with E-state index in [0.717, 1.165) is 19.4 Å². The number of nitrogens with zero attached hydrogens (tertiary/aromatic N) is 2. The van der Waals surface area contributed by atoms with E-state index in [1.165, 1.54) is 0 Å². The minimum atomic E-state index is -0.571. The molecule has 0 spiro atoms. The lowest BCUT2D eigenvalue weighted by atomic mass is 10.0. The van der Waals surface area contributed by atoms with Gasteiger partial charge in [-0.25, -0.2) is 0 Å². The number of aromatic nitrogens is 2. The summed E-state index contributed by atoms with van der Waals surface area (Å²) in [7, 11) is 0. The molecule has 0 bridgehead atoms. The molecule has 0 aliphatic heterocycles. The number of hydrogen-bond donors (Lipinski definition) is 3. The van der Waals surface area contributed by atoms with Crippen molar-refractivity contribution in [3.63, 3.8) is 0 Å². The molecule has 0 aliphatic carbocycles. The fourth-order valence-corrected chi connectivity index (χ4v) is 1.49. The summed E-state index contributed by atoms with van der Waals surface area (Å²) in [6.07, 6.45) is 2.05. The summed E-state index contributed by atoms with van der Waals surface area (Å²) < 4.78 is 0. The molecule has 0 saturated heterocycles. The van der Waals surface area contributed by atoms with E-state index in [0.29, 0.717) is 18.3 Å². The molecule has 1 heterocycles. The molecule has 0 saturated carbocycles. The van der Waals surface area contributed by atoms with Crippen molar-refractivity contribution in [2.75, 3.05) is 18.4 Å². The molecule has 1 atom stereocenters. The first-order chi connectivity index (χ1) is 8.17. The molecule has 5 N–H and O–H groups in total. The Kier molecular flexibility index (Phi) is 5.35. The van der Waals surface area contributed by atoms with E-state index in [-0.39, 0.29) is 5.69 Å². The number of nitrogens with one attached hydrogen (secondary N) is 1. The normalized spacial score (nSPS) is 12.1. The predicted molar refractivity (Wildman–Crippen MR) is 66.5 cm³/mol. The van der Waals surface area contributed by atoms with Gasteiger partial charge in [0.05, 0.1) is 0 Å². The standard InChI is InChI=1S/C11H19N5O/c1-2-8(5-6-12)7-14-10-4-3-9(11(13)17)15-16-10/h3-4,8H,2,5-7,12H2,1H3,(H2,13,17)(H,14,16). The number of anilines is 1. The maximum atomic E-state index is 10.8. The zero-order valence-corrected chi connectivity index (χ0v) is 10.0. The van der Waals surface area contributed by atoms with E-state index in [1.807, 2.05) is 0 Å². The van der Waals surface area contributed by atoms with Crippen molar-refractivity contribution in [2.45, 2.75) is 19.8 Å². The molecule has 1 unspecified atom stereocenters. The van der Waals surface area contributed by atoms with Crippen molar-refractivity contribution in [1.82, 2.24) is 10.2 Å². The van der Waals surface area contributed by atoms with Gasteiger partial charge in [0.1, 0.15) is 5.82 Å². The van der Waals surface area contributed by atoms with Crippen molar-refractivity contribution in [1.29, 1.82) is 0 Å². The second kappa shape index (κ2) is 6.80. The third-order valence-electron chi connectivity index (χ3n) is 2.64. The first kappa shape index (κ1) is 13.4. The summed E-state index contributed by atoms with van der Waals surface area (Å²) in [6.45, 7) is 3.62. The summed E-state index contributed by atoms with van der Waals surface area (Å²) in [5, 5.41) is 10.8. The summed E-state index contributed by atoms with van der Waals surface area (Å²) in [5.74, 6) is 0.599. The largest absolute Gasteiger partial charge is 0.368 e. The van der Waals surface area contributed by atoms with E-state index in [1.54, 1.807) is 12.1 Å². The van der Waals surface area contributed by atoms with Gasteiger partial charge in [-0.3, -0.25) is 4.79 Å². The molecule has 0 aliphatic rings. The molecule has 17 heavy (non-hydrogen) atoms. The van der Waals surface area contributed by atoms with Crippen LogP contribution in [0.3, 0.4) is 0 Å². The second-order valence-corrected chi connectivity index (χ2v) is 3.90. The van der Waals surface area contributed by atoms with Gasteiger partial charge in [-0.2, -0.15) is 0 Å². The molecular weight excluding hydrogens is 218 g/mol. The Morgan fingerprint density at radius 1 is 1.47 bits per heavy atom. The predicted octanol–water partition coefficient (Wildman–Crippen LogP) is 0.362. The molecular formula is C11H19N5O. The van der Waals surface area contributed by atoms with Crippen LogP contribution in [0.25, 0.3) is 0 Å². The lowest BCUT2D eigenvalue weighted by Crippen LogP contribution is -2.19. The van der Waals surface area contributed by atoms with Crippen molar-refractivity contribution < 1.29 is 4.79 Å². The Balaban J connectivity index is 2.48. The number of rotatable bonds is 7. The van der Waals surface area contributed by atoms with Gasteiger partial charge in [-0.1, -0.05) is 13.3 Å². The number of carbonyl (C=O) groups excluding carboxylic acids is 1. The van der Waals surface area contributed by atoms with Gasteiger partial charge in [0.15, 0.2) is 5.69 Å². The first-order valence-corrected chi connectivity index (χ1v) is 5.74. The van der Waals surface area contributed by atoms with Crippen LogP contribution in [0.4, 0.5) is 5.82 Å². The monoisotopic (exact) mass is 237 g/mol. The van der Waals surface area contributed by atoms with Gasteiger partial charge in [-0.15, -0.1) is 10.2 Å². The number of carbonyl (C=O) groups is 1. The summed E-state index contributed by atoms with van der Waals surface area (Å²) >= 11 is 0. The van der Waals surface area contributed by atoms with E-state index < -0.39 is 5.91 Å². The Morgan fingerprint density at radius 3 is 2.71 bits per heavy atom. The van der Waals surface area contributed by atoms with Crippen LogP contribution in [-0.2, 0) is 0 Å². The van der Waals surface area contributed by atoms with E-state index in [9.17, 15) is 4.79 Å². The quantitative estimate of drug-likeness (QED) is 0.634. The minimum absolute atomic E-state index is 0.171. The topological polar surface area (TPSA) is 107 Å². The van der Waals surface area contributed by atoms with Gasteiger partial charge >= 0.3 is 0 Å². The van der Waals surface area contributed by atoms with Crippen LogP contribution in [0.2, 0.25) is 0 Å². The third-order valence-corrected chi connectivity index (χ3v) is 2.64. The van der Waals surface area contributed by atoms with E-state index >= 15 is 0 Å². The van der Waals surface area contributed by atoms with Gasteiger partial charge in [0, 0.05) is 6.54 Å². The molecule has 1 aromatic heterocycles. The second-order valence-electron chi connectivity index (χ2n) is 3.90. The molecule has 94 valence electrons. The van der Waals surface area contributed by atoms with Crippen molar-refractivity contribution >= 4 is 11.7 Å². The molecule has 0 fully saturated rings. The highest BCUT2D eigenvalue weighted by Gasteiger charge is 2.06. The van der Waals surface area contributed by atoms with E-state index in [4.69, 9.17) is 11.5 Å². The highest BCUT2D eigenvalue weighted by atomic mass is 16.1. The Bertz CT molecular complexity index is 351. The van der Waals surface area contributed by atoms with Crippen molar-refractivity contribution in [2.24, 2.45) is 17.4 Å². The van der Waals surface area contributed by atoms with Gasteiger partial charge in [0.25, 0.3) is 5.91 Å². The fraction of sp³-hybridized carbons (Fsp3) is 0.545. The average Bonchev–Trinajstić information content (AvgIpc) is 2.35. The molecule has 1 rings (SSSR count). The van der Waals surface area contributed by atoms with Crippen LogP contribution < -0.4 is 16.8 Å². The highest BCUT2D eigenvalue weighted by Crippen LogP contribution is 2.09. The van der Waals surface area contributed by atoms with Gasteiger partial charge < -0.3 is 16.8 Å². The van der Waals surface area contributed by atoms with Crippen LogP contribution in [0.5, 0.6) is 0 Å². The number of nitrogens with two attached hydrogens (primary N) is 2. The highest BCUT2D eigenvalue weighted by molar-refractivity contribution is 5.90. The lowest BCUT2D eigenvalue weighted by molar-refractivity contribution is 0.0994. The maximum absolute atomic E-state index is 10.8. The molecule has 1 amide bonds. The molecule has 6 nitrogen and oxygen atoms in total. The smallest absolute Gasteiger partial charge is 0.269 e. The van der Waals surface area contributed by atoms with E-state index in [2.05, 4.69) is 22.4 Å². The SMILES string of the molecule is CCC(CCN)CNc1ccc(C(N)=O)nn1. The van der Waals surface area contributed by atoms with Crippen LogP contribution in [0.1, 0.15) is 30.3 Å². The number of primary amides is 1. The number of hydrogen-bond acceptors (Lipinski definition) is 5. The Morgan fingerprint density at radius 2 is 2.24 bits per heavy atom. The molecule has 0 radical (unpaired) electrons. The molecule has 1 aromatic rings. The molecule has 6 heteroatoms. The zero-order valence-electron chi connectivity index (χ0n) is 10.0. The van der Waals surface area contributed by atoms with Gasteiger partial charge in [-0.05, 0) is 31.0 Å². The van der Waals surface area contributed by atoms with Crippen LogP contribution in [-0.4, -0.2) is 29.2 Å². The Labute approximate surface area is 101 Å². The maximum Gasteiger partial charge on any atom is 0.269 e. The Hall–Kier alpha value is -1.69. The van der Waals surface area contributed by atoms with Crippen LogP contribution in [0.15, 0.2) is 12.1 Å².